The first-order chi connectivity index (χ1) is 38.9. The summed E-state index contributed by atoms with van der Waals surface area (Å²) in [6.07, 6.45) is 26.2. The molecule has 478 valence electrons. The van der Waals surface area contributed by atoms with Gasteiger partial charge in [-0.05, 0) is 69.6 Å². The Labute approximate surface area is 492 Å². The monoisotopic (exact) mass is 1150 g/mol. The Balaban J connectivity index is 0.000000473. The molecule has 7 heterocycles. The van der Waals surface area contributed by atoms with E-state index >= 15 is 0 Å². The first kappa shape index (κ1) is 77.2. The summed E-state index contributed by atoms with van der Waals surface area (Å²) in [5.41, 5.74) is 1.59. The summed E-state index contributed by atoms with van der Waals surface area (Å²) in [7, 11) is 1.75. The van der Waals surface area contributed by atoms with Crippen molar-refractivity contribution in [2.45, 2.75) is 210 Å². The topological polar surface area (TPSA) is 140 Å². The molecule has 14 nitrogen and oxygen atoms in total. The molecule has 2 unspecified atom stereocenters. The predicted molar refractivity (Wildman–Crippen MR) is 326 cm³/mol. The van der Waals surface area contributed by atoms with Crippen LogP contribution in [-0.2, 0) is 61.6 Å². The van der Waals surface area contributed by atoms with E-state index in [-0.39, 0.29) is 12.0 Å². The van der Waals surface area contributed by atoms with Gasteiger partial charge in [0, 0.05) is 60.6 Å². The second-order valence-electron chi connectivity index (χ2n) is 24.5. The maximum atomic E-state index is 8.76. The average Bonchev–Trinajstić information content (AvgIpc) is 3.39. The highest BCUT2D eigenvalue weighted by Gasteiger charge is 2.39. The highest BCUT2D eigenvalue weighted by Crippen LogP contribution is 2.34. The molecular formula is C66H130O14. The quantitative estimate of drug-likeness (QED) is 0.0463. The summed E-state index contributed by atoms with van der Waals surface area (Å²) in [6.45, 7) is 47.9. The van der Waals surface area contributed by atoms with Crippen LogP contribution >= 0.6 is 0 Å². The Morgan fingerprint density at radius 2 is 0.812 bits per heavy atom. The van der Waals surface area contributed by atoms with E-state index in [0.717, 1.165) is 164 Å². The fourth-order valence-corrected chi connectivity index (χ4v) is 9.02. The van der Waals surface area contributed by atoms with Crippen LogP contribution in [0.5, 0.6) is 0 Å². The van der Waals surface area contributed by atoms with Gasteiger partial charge in [0.25, 0.3) is 0 Å². The Kier molecular flexibility index (Phi) is 46.6. The fraction of sp³-hybridized carbons (Fsp3) is 0.970. The number of hydrogen-bond acceptors (Lipinski definition) is 14. The van der Waals surface area contributed by atoms with E-state index in [4.69, 9.17) is 66.7 Å². The predicted octanol–water partition coefficient (Wildman–Crippen LogP) is 13.6. The van der Waals surface area contributed by atoms with Gasteiger partial charge in [-0.1, -0.05) is 146 Å². The van der Waals surface area contributed by atoms with Gasteiger partial charge in [-0.15, -0.1) is 6.58 Å². The van der Waals surface area contributed by atoms with Crippen LogP contribution in [-0.4, -0.2) is 183 Å². The third-order valence-corrected chi connectivity index (χ3v) is 17.3. The van der Waals surface area contributed by atoms with E-state index in [0.29, 0.717) is 40.5 Å². The second-order valence-corrected chi connectivity index (χ2v) is 24.5. The highest BCUT2D eigenvalue weighted by molar-refractivity contribution is 4.86. The standard InChI is InChI=1S/C14H28O2.C12H24O2.C11H22O2.C10H20O2.C7H14O2.C6H12O2.C6H10O2/c1-4-7-8-13(5-2)9-15-10-14(6-3)11-16-12-14;1-3-5-6-7-8-13-9-12(4-2)10-14-11-12;1-3-5-6-10(4-2)7-13-11-8-12-9-11;1-3-5-6-11-7-10(4-2)8-12-9-10;1-3-7(4-8-2)5-9-6-7;1-2-6(3-7)4-8-5-6;1-2-3-8-6-4-7-5-6/h13H,4-12H2,1-3H3;3-11H2,1-2H3;10-11H,3-9H2,1-2H3;3-9H2,1-2H3;3-6H2,1-2H3;7H,2-5H2,1H3;2,6H,1,3-5H2. The van der Waals surface area contributed by atoms with E-state index in [9.17, 15) is 0 Å². The van der Waals surface area contributed by atoms with Crippen molar-refractivity contribution in [1.29, 1.82) is 0 Å². The average molecular weight is 1150 g/mol. The SMILES string of the molecule is C=CCOC1COC1.CCC1(CO)COC1.CCC1(COC)COC1.CCCCC(CC)COC1COC1.CCCCC(CC)COCC1(CC)COC1.CCCCCCOCC1(CC)COC1.CCCCOCC1(CC)COC1. The van der Waals surface area contributed by atoms with Gasteiger partial charge in [-0.25, -0.2) is 0 Å². The fourth-order valence-electron chi connectivity index (χ4n) is 9.02. The van der Waals surface area contributed by atoms with Crippen molar-refractivity contribution in [2.75, 3.05) is 166 Å². The minimum absolute atomic E-state index is 0.139. The van der Waals surface area contributed by atoms with Crippen LogP contribution in [0.3, 0.4) is 0 Å². The zero-order valence-electron chi connectivity index (χ0n) is 54.3. The molecule has 0 radical (unpaired) electrons. The molecule has 0 spiro atoms. The minimum atomic E-state index is 0.139. The number of methoxy groups -OCH3 is 1. The zero-order valence-corrected chi connectivity index (χ0v) is 54.3. The largest absolute Gasteiger partial charge is 0.396 e. The lowest BCUT2D eigenvalue weighted by molar-refractivity contribution is -0.152. The van der Waals surface area contributed by atoms with Gasteiger partial charge in [-0.3, -0.25) is 0 Å². The Hall–Kier alpha value is -0.820. The zero-order chi connectivity index (χ0) is 59.1. The summed E-state index contributed by atoms with van der Waals surface area (Å²) in [5, 5.41) is 8.76. The van der Waals surface area contributed by atoms with Crippen molar-refractivity contribution in [3.8, 4) is 0 Å². The molecule has 80 heavy (non-hydrogen) atoms. The van der Waals surface area contributed by atoms with Crippen molar-refractivity contribution in [3.63, 3.8) is 0 Å². The molecule has 0 aromatic rings. The Morgan fingerprint density at radius 1 is 0.438 bits per heavy atom. The second kappa shape index (κ2) is 48.3. The molecular weight excluding hydrogens is 1020 g/mol. The van der Waals surface area contributed by atoms with Crippen LogP contribution in [0.1, 0.15) is 198 Å². The maximum Gasteiger partial charge on any atom is 0.104 e. The van der Waals surface area contributed by atoms with E-state index in [1.54, 1.807) is 13.2 Å². The molecule has 0 saturated carbocycles. The highest BCUT2D eigenvalue weighted by atomic mass is 16.6. The molecule has 2 atom stereocenters. The first-order valence-electron chi connectivity index (χ1n) is 32.6. The molecule has 0 aromatic carbocycles. The molecule has 7 aliphatic rings. The normalized spacial score (nSPS) is 20.9. The van der Waals surface area contributed by atoms with Gasteiger partial charge in [0.15, 0.2) is 0 Å². The molecule has 0 bridgehead atoms. The third kappa shape index (κ3) is 32.6. The van der Waals surface area contributed by atoms with E-state index in [1.165, 1.54) is 116 Å². The van der Waals surface area contributed by atoms with E-state index in [2.05, 4.69) is 82.7 Å². The number of aliphatic hydroxyl groups excluding tert-OH is 1. The minimum Gasteiger partial charge on any atom is -0.396 e. The van der Waals surface area contributed by atoms with Crippen molar-refractivity contribution in [2.24, 2.45) is 38.9 Å². The van der Waals surface area contributed by atoms with Gasteiger partial charge in [0.2, 0.25) is 0 Å². The molecule has 7 saturated heterocycles. The molecule has 14 heteroatoms. The van der Waals surface area contributed by atoms with Crippen molar-refractivity contribution < 1.29 is 66.7 Å². The molecule has 7 rings (SSSR count). The van der Waals surface area contributed by atoms with Crippen molar-refractivity contribution in [3.05, 3.63) is 12.7 Å². The van der Waals surface area contributed by atoms with Crippen LogP contribution in [0.4, 0.5) is 0 Å². The first-order valence-corrected chi connectivity index (χ1v) is 32.6. The van der Waals surface area contributed by atoms with Gasteiger partial charge in [0.05, 0.1) is 132 Å². The summed E-state index contributed by atoms with van der Waals surface area (Å²) in [5.74, 6) is 1.52. The lowest BCUT2D eigenvalue weighted by Gasteiger charge is -2.40. The summed E-state index contributed by atoms with van der Waals surface area (Å²) in [6, 6.07) is 0. The maximum absolute atomic E-state index is 8.76. The van der Waals surface area contributed by atoms with E-state index < -0.39 is 0 Å². The number of aliphatic hydroxyl groups is 1. The van der Waals surface area contributed by atoms with Crippen molar-refractivity contribution in [1.82, 2.24) is 0 Å². The molecule has 1 N–H and O–H groups in total. The van der Waals surface area contributed by atoms with Crippen molar-refractivity contribution >= 4 is 0 Å². The van der Waals surface area contributed by atoms with Gasteiger partial charge >= 0.3 is 0 Å². The lowest BCUT2D eigenvalue weighted by atomic mass is 9.84. The number of ether oxygens (including phenoxy) is 13. The molecule has 0 amide bonds. The summed E-state index contributed by atoms with van der Waals surface area (Å²) >= 11 is 0. The Morgan fingerprint density at radius 3 is 1.10 bits per heavy atom. The van der Waals surface area contributed by atoms with Gasteiger partial charge in [0.1, 0.15) is 12.2 Å². The number of rotatable bonds is 38. The smallest absolute Gasteiger partial charge is 0.104 e. The van der Waals surface area contributed by atoms with Crippen LogP contribution in [0.15, 0.2) is 12.7 Å². The van der Waals surface area contributed by atoms with E-state index in [1.807, 2.05) is 0 Å². The van der Waals surface area contributed by atoms with Gasteiger partial charge in [-0.2, -0.15) is 0 Å². The van der Waals surface area contributed by atoms with Crippen LogP contribution < -0.4 is 0 Å². The molecule has 0 aliphatic carbocycles. The molecule has 7 fully saturated rings. The third-order valence-electron chi connectivity index (χ3n) is 17.3. The summed E-state index contributed by atoms with van der Waals surface area (Å²) < 4.78 is 68.9. The van der Waals surface area contributed by atoms with Crippen LogP contribution in [0.2, 0.25) is 0 Å². The molecule has 7 aliphatic heterocycles. The van der Waals surface area contributed by atoms with Crippen LogP contribution in [0, 0.1) is 38.9 Å². The van der Waals surface area contributed by atoms with Gasteiger partial charge < -0.3 is 66.7 Å². The number of hydrogen-bond donors (Lipinski definition) is 1. The Bertz CT molecular complexity index is 1320. The summed E-state index contributed by atoms with van der Waals surface area (Å²) in [4.78, 5) is 0. The number of unbranched alkanes of at least 4 members (excludes halogenated alkanes) is 6. The lowest BCUT2D eigenvalue weighted by Crippen LogP contribution is -2.46. The van der Waals surface area contributed by atoms with Crippen LogP contribution in [0.25, 0.3) is 0 Å². The molecule has 0 aromatic heterocycles.